The first-order chi connectivity index (χ1) is 10.2. The molecule has 2 aromatic heterocycles. The van der Waals surface area contributed by atoms with Crippen LogP contribution in [-0.2, 0) is 7.05 Å². The van der Waals surface area contributed by atoms with Crippen molar-refractivity contribution in [2.45, 2.75) is 6.10 Å². The predicted octanol–water partition coefficient (Wildman–Crippen LogP) is 0.727. The van der Waals surface area contributed by atoms with Gasteiger partial charge in [-0.3, -0.25) is 9.48 Å². The zero-order valence-corrected chi connectivity index (χ0v) is 11.9. The highest BCUT2D eigenvalue weighted by atomic mass is 16.5. The minimum Gasteiger partial charge on any atom is -0.479 e. The maximum atomic E-state index is 12.3. The van der Waals surface area contributed by atoms with E-state index in [1.54, 1.807) is 35.1 Å². The zero-order valence-electron chi connectivity index (χ0n) is 11.9. The molecule has 3 heterocycles. The fourth-order valence-electron chi connectivity index (χ4n) is 2.20. The van der Waals surface area contributed by atoms with Crippen molar-refractivity contribution in [3.8, 4) is 11.8 Å². The van der Waals surface area contributed by atoms with Gasteiger partial charge in [-0.05, 0) is 6.07 Å². The molecule has 1 saturated heterocycles. The number of likely N-dealkylation sites (tertiary alicyclic amines) is 1. The molecule has 0 atom stereocenters. The molecule has 2 aromatic rings. The van der Waals surface area contributed by atoms with E-state index in [9.17, 15) is 4.79 Å². The average Bonchev–Trinajstić information content (AvgIpc) is 2.84. The third kappa shape index (κ3) is 2.67. The maximum Gasteiger partial charge on any atom is 0.261 e. The van der Waals surface area contributed by atoms with Gasteiger partial charge in [0, 0.05) is 25.5 Å². The van der Waals surface area contributed by atoms with E-state index in [0.717, 1.165) is 0 Å². The molecule has 1 aliphatic rings. The second kappa shape index (κ2) is 5.43. The molecule has 1 aliphatic heterocycles. The molecule has 7 heteroatoms. The summed E-state index contributed by atoms with van der Waals surface area (Å²) in [6.07, 6.45) is 3.32. The molecule has 0 spiro atoms. The Hall–Kier alpha value is -2.57. The monoisotopic (exact) mass is 288 g/mol. The summed E-state index contributed by atoms with van der Waals surface area (Å²) in [6.45, 7) is 1.07. The Morgan fingerprint density at radius 1 is 1.38 bits per heavy atom. The Morgan fingerprint density at radius 3 is 2.86 bits per heavy atom. The first-order valence-corrected chi connectivity index (χ1v) is 6.62. The summed E-state index contributed by atoms with van der Waals surface area (Å²) in [6, 6.07) is 5.50. The first kappa shape index (κ1) is 13.4. The predicted molar refractivity (Wildman–Crippen MR) is 74.3 cm³/mol. The molecule has 0 saturated carbocycles. The normalized spacial score (nSPS) is 14.7. The van der Waals surface area contributed by atoms with Crippen LogP contribution in [-0.4, -0.2) is 51.9 Å². The van der Waals surface area contributed by atoms with Crippen LogP contribution in [0, 0.1) is 0 Å². The topological polar surface area (TPSA) is 69.5 Å². The summed E-state index contributed by atoms with van der Waals surface area (Å²) in [4.78, 5) is 18.1. The summed E-state index contributed by atoms with van der Waals surface area (Å²) in [5.41, 5.74) is 0.469. The molecule has 0 unspecified atom stereocenters. The van der Waals surface area contributed by atoms with Gasteiger partial charge in [-0.1, -0.05) is 6.07 Å². The molecule has 7 nitrogen and oxygen atoms in total. The Kier molecular flexibility index (Phi) is 3.47. The number of ether oxygens (including phenoxy) is 2. The zero-order chi connectivity index (χ0) is 14.8. The van der Waals surface area contributed by atoms with E-state index in [-0.39, 0.29) is 12.0 Å². The molecule has 3 rings (SSSR count). The van der Waals surface area contributed by atoms with Gasteiger partial charge in [0.2, 0.25) is 11.8 Å². The van der Waals surface area contributed by atoms with Crippen molar-refractivity contribution in [1.82, 2.24) is 19.7 Å². The van der Waals surface area contributed by atoms with E-state index in [0.29, 0.717) is 30.4 Å². The lowest BCUT2D eigenvalue weighted by molar-refractivity contribution is 0.0158. The van der Waals surface area contributed by atoms with Crippen molar-refractivity contribution in [1.29, 1.82) is 0 Å². The van der Waals surface area contributed by atoms with Gasteiger partial charge in [0.05, 0.1) is 20.2 Å². The van der Waals surface area contributed by atoms with Crippen LogP contribution in [0.2, 0.25) is 0 Å². The fraction of sp³-hybridized carbons (Fsp3) is 0.357. The fourth-order valence-corrected chi connectivity index (χ4v) is 2.20. The molecule has 110 valence electrons. The Bertz CT molecular complexity index is 635. The number of amides is 1. The van der Waals surface area contributed by atoms with Gasteiger partial charge in [0.15, 0.2) is 0 Å². The van der Waals surface area contributed by atoms with Crippen molar-refractivity contribution < 1.29 is 14.3 Å². The number of hydrogen-bond donors (Lipinski definition) is 0. The highest BCUT2D eigenvalue weighted by Gasteiger charge is 2.35. The van der Waals surface area contributed by atoms with E-state index in [2.05, 4.69) is 10.1 Å². The van der Waals surface area contributed by atoms with Crippen LogP contribution < -0.4 is 9.47 Å². The van der Waals surface area contributed by atoms with Crippen molar-refractivity contribution in [3.05, 3.63) is 36.2 Å². The van der Waals surface area contributed by atoms with Gasteiger partial charge in [-0.15, -0.1) is 5.10 Å². The van der Waals surface area contributed by atoms with Crippen LogP contribution in [0.1, 0.15) is 10.4 Å². The van der Waals surface area contributed by atoms with Gasteiger partial charge < -0.3 is 14.4 Å². The van der Waals surface area contributed by atoms with Gasteiger partial charge >= 0.3 is 0 Å². The second-order valence-electron chi connectivity index (χ2n) is 4.84. The largest absolute Gasteiger partial charge is 0.479 e. The van der Waals surface area contributed by atoms with Gasteiger partial charge in [-0.25, -0.2) is 4.98 Å². The summed E-state index contributed by atoms with van der Waals surface area (Å²) in [7, 11) is 3.25. The summed E-state index contributed by atoms with van der Waals surface area (Å²) < 4.78 is 12.3. The first-order valence-electron chi connectivity index (χ1n) is 6.62. The molecule has 0 N–H and O–H groups in total. The van der Waals surface area contributed by atoms with Gasteiger partial charge in [-0.2, -0.15) is 0 Å². The number of nitrogens with zero attached hydrogens (tertiary/aromatic N) is 4. The van der Waals surface area contributed by atoms with Crippen LogP contribution in [0.5, 0.6) is 11.8 Å². The molecule has 21 heavy (non-hydrogen) atoms. The lowest BCUT2D eigenvalue weighted by Crippen LogP contribution is -2.56. The highest BCUT2D eigenvalue weighted by molar-refractivity contribution is 5.96. The molecule has 0 aliphatic carbocycles. The molecular weight excluding hydrogens is 272 g/mol. The summed E-state index contributed by atoms with van der Waals surface area (Å²) in [5.74, 6) is 0.825. The smallest absolute Gasteiger partial charge is 0.261 e. The number of rotatable bonds is 4. The second-order valence-corrected chi connectivity index (χ2v) is 4.84. The highest BCUT2D eigenvalue weighted by Crippen LogP contribution is 2.22. The minimum absolute atomic E-state index is 0.0217. The number of aryl methyl sites for hydroxylation is 1. The quantitative estimate of drug-likeness (QED) is 0.829. The summed E-state index contributed by atoms with van der Waals surface area (Å²) in [5, 5.41) is 4.08. The van der Waals surface area contributed by atoms with E-state index < -0.39 is 0 Å². The molecule has 0 bridgehead atoms. The van der Waals surface area contributed by atoms with Crippen LogP contribution in [0.3, 0.4) is 0 Å². The van der Waals surface area contributed by atoms with Crippen molar-refractivity contribution >= 4 is 5.91 Å². The number of carbonyl (C=O) groups excluding carboxylic acids is 1. The van der Waals surface area contributed by atoms with Gasteiger partial charge in [0.25, 0.3) is 5.91 Å². The standard InChI is InChI=1S/C14H16N4O3/c1-17-9-11(13(16-17)20-2)14(19)18-7-10(8-18)21-12-5-3-4-6-15-12/h3-6,9-10H,7-8H2,1-2H3. The van der Waals surface area contributed by atoms with Crippen molar-refractivity contribution in [3.63, 3.8) is 0 Å². The molecule has 0 radical (unpaired) electrons. The van der Waals surface area contributed by atoms with E-state index in [1.807, 2.05) is 12.1 Å². The molecule has 0 aromatic carbocycles. The number of aromatic nitrogens is 3. The number of carbonyl (C=O) groups is 1. The maximum absolute atomic E-state index is 12.3. The Morgan fingerprint density at radius 2 is 2.19 bits per heavy atom. The minimum atomic E-state index is -0.0965. The summed E-state index contributed by atoms with van der Waals surface area (Å²) >= 11 is 0. The van der Waals surface area contributed by atoms with Gasteiger partial charge in [0.1, 0.15) is 11.7 Å². The Labute approximate surface area is 122 Å². The van der Waals surface area contributed by atoms with Crippen molar-refractivity contribution in [2.24, 2.45) is 7.05 Å². The Balaban J connectivity index is 1.59. The van der Waals surface area contributed by atoms with Crippen LogP contribution in [0.4, 0.5) is 0 Å². The van der Waals surface area contributed by atoms with Crippen molar-refractivity contribution in [2.75, 3.05) is 20.2 Å². The SMILES string of the molecule is COc1nn(C)cc1C(=O)N1CC(Oc2ccccn2)C1. The van der Waals surface area contributed by atoms with E-state index >= 15 is 0 Å². The molecule has 1 amide bonds. The number of hydrogen-bond acceptors (Lipinski definition) is 5. The van der Waals surface area contributed by atoms with E-state index in [1.165, 1.54) is 7.11 Å². The lowest BCUT2D eigenvalue weighted by Gasteiger charge is -2.38. The number of methoxy groups -OCH3 is 1. The third-order valence-electron chi connectivity index (χ3n) is 3.28. The van der Waals surface area contributed by atoms with Crippen LogP contribution in [0.25, 0.3) is 0 Å². The van der Waals surface area contributed by atoms with E-state index in [4.69, 9.17) is 9.47 Å². The lowest BCUT2D eigenvalue weighted by atomic mass is 10.1. The van der Waals surface area contributed by atoms with Crippen LogP contribution >= 0.6 is 0 Å². The molecular formula is C14H16N4O3. The average molecular weight is 288 g/mol. The molecule has 1 fully saturated rings. The van der Waals surface area contributed by atoms with Crippen LogP contribution in [0.15, 0.2) is 30.6 Å². The number of pyridine rings is 1. The third-order valence-corrected chi connectivity index (χ3v) is 3.28.